The summed E-state index contributed by atoms with van der Waals surface area (Å²) < 4.78 is 5.09. The van der Waals surface area contributed by atoms with Crippen LogP contribution < -0.4 is 0 Å². The van der Waals surface area contributed by atoms with Crippen LogP contribution in [0.25, 0.3) is 16.3 Å². The Kier molecular flexibility index (Phi) is 4.92. The third kappa shape index (κ3) is 3.44. The van der Waals surface area contributed by atoms with Gasteiger partial charge in [0.05, 0.1) is 6.61 Å². The molecule has 0 amide bonds. The van der Waals surface area contributed by atoms with Crippen molar-refractivity contribution in [3.8, 4) is 6.07 Å². The average Bonchev–Trinajstić information content (AvgIpc) is 2.66. The minimum atomic E-state index is -0.600. The van der Waals surface area contributed by atoms with Gasteiger partial charge in [0.15, 0.2) is 0 Å². The van der Waals surface area contributed by atoms with Crippen LogP contribution in [0.4, 0.5) is 0 Å². The number of benzene rings is 3. The van der Waals surface area contributed by atoms with Crippen LogP contribution in [-0.2, 0) is 9.53 Å². The monoisotopic (exact) mass is 327 g/mol. The van der Waals surface area contributed by atoms with Gasteiger partial charge in [-0.25, -0.2) is 4.79 Å². The number of nitriles is 1. The lowest BCUT2D eigenvalue weighted by molar-refractivity contribution is -0.137. The number of fused-ring (bicyclic) bond motifs is 1. The maximum Gasteiger partial charge on any atom is 0.349 e. The average molecular weight is 327 g/mol. The summed E-state index contributed by atoms with van der Waals surface area (Å²) in [7, 11) is 0. The Labute approximate surface area is 146 Å². The molecule has 0 aliphatic rings. The Morgan fingerprint density at radius 2 is 1.60 bits per heavy atom. The molecule has 0 aromatic heterocycles. The Balaban J connectivity index is 2.26. The fourth-order valence-electron chi connectivity index (χ4n) is 2.81. The molecule has 0 atom stereocenters. The van der Waals surface area contributed by atoms with Crippen molar-refractivity contribution in [3.63, 3.8) is 0 Å². The van der Waals surface area contributed by atoms with Crippen LogP contribution in [-0.4, -0.2) is 12.6 Å². The molecule has 0 fully saturated rings. The first-order chi connectivity index (χ1) is 12.2. The molecule has 3 heteroatoms. The Hall–Kier alpha value is -3.38. The topological polar surface area (TPSA) is 50.1 Å². The van der Waals surface area contributed by atoms with Crippen LogP contribution in [0.3, 0.4) is 0 Å². The van der Waals surface area contributed by atoms with Crippen LogP contribution in [0, 0.1) is 11.3 Å². The molecule has 0 saturated carbocycles. The van der Waals surface area contributed by atoms with E-state index in [4.69, 9.17) is 4.74 Å². The zero-order valence-electron chi connectivity index (χ0n) is 13.9. The maximum atomic E-state index is 12.3. The van der Waals surface area contributed by atoms with Crippen LogP contribution >= 0.6 is 0 Å². The molecular weight excluding hydrogens is 310 g/mol. The van der Waals surface area contributed by atoms with Gasteiger partial charge in [0, 0.05) is 5.57 Å². The van der Waals surface area contributed by atoms with Crippen LogP contribution in [0.5, 0.6) is 0 Å². The number of carbonyl (C=O) groups excluding carboxylic acids is 1. The van der Waals surface area contributed by atoms with Crippen molar-refractivity contribution in [2.75, 3.05) is 6.61 Å². The van der Waals surface area contributed by atoms with E-state index in [1.807, 2.05) is 78.9 Å². The molecular formula is C22H17NO2. The molecule has 0 aliphatic carbocycles. The molecule has 0 saturated heterocycles. The van der Waals surface area contributed by atoms with Crippen LogP contribution in [0.15, 0.2) is 78.4 Å². The number of ether oxygens (including phenoxy) is 1. The summed E-state index contributed by atoms with van der Waals surface area (Å²) in [6.07, 6.45) is 0. The Morgan fingerprint density at radius 1 is 0.920 bits per heavy atom. The van der Waals surface area contributed by atoms with E-state index in [2.05, 4.69) is 0 Å². The number of hydrogen-bond donors (Lipinski definition) is 0. The summed E-state index contributed by atoms with van der Waals surface area (Å²) in [4.78, 5) is 12.3. The predicted octanol–water partition coefficient (Wildman–Crippen LogP) is 4.73. The highest BCUT2D eigenvalue weighted by Gasteiger charge is 2.19. The SMILES string of the molecule is CCOC(=O)/C(C#N)=C(\c1ccccc1)c1ccc2ccccc2c1. The molecule has 25 heavy (non-hydrogen) atoms. The molecule has 3 aromatic carbocycles. The van der Waals surface area contributed by atoms with Crippen molar-refractivity contribution in [2.45, 2.75) is 6.92 Å². The predicted molar refractivity (Wildman–Crippen MR) is 98.7 cm³/mol. The van der Waals surface area contributed by atoms with E-state index in [-0.39, 0.29) is 12.2 Å². The first-order valence-corrected chi connectivity index (χ1v) is 8.10. The highest BCUT2D eigenvalue weighted by molar-refractivity contribution is 6.06. The van der Waals surface area contributed by atoms with Gasteiger partial charge in [0.2, 0.25) is 0 Å². The summed E-state index contributed by atoms with van der Waals surface area (Å²) in [5.41, 5.74) is 2.23. The molecule has 0 aliphatic heterocycles. The van der Waals surface area contributed by atoms with E-state index in [0.29, 0.717) is 5.57 Å². The Bertz CT molecular complexity index is 982. The smallest absolute Gasteiger partial charge is 0.349 e. The maximum absolute atomic E-state index is 12.3. The second kappa shape index (κ2) is 7.46. The van der Waals surface area contributed by atoms with E-state index in [0.717, 1.165) is 21.9 Å². The van der Waals surface area contributed by atoms with E-state index in [1.54, 1.807) is 6.92 Å². The number of rotatable bonds is 4. The summed E-state index contributed by atoms with van der Waals surface area (Å²) >= 11 is 0. The molecule has 0 heterocycles. The third-order valence-electron chi connectivity index (χ3n) is 3.94. The van der Waals surface area contributed by atoms with Gasteiger partial charge >= 0.3 is 5.97 Å². The minimum absolute atomic E-state index is 0.0170. The van der Waals surface area contributed by atoms with Gasteiger partial charge in [0.25, 0.3) is 0 Å². The van der Waals surface area contributed by atoms with Crippen molar-refractivity contribution < 1.29 is 9.53 Å². The highest BCUT2D eigenvalue weighted by Crippen LogP contribution is 2.30. The quantitative estimate of drug-likeness (QED) is 0.395. The van der Waals surface area contributed by atoms with Crippen LogP contribution in [0.1, 0.15) is 18.1 Å². The molecule has 3 aromatic rings. The van der Waals surface area contributed by atoms with Crippen molar-refractivity contribution in [3.05, 3.63) is 89.5 Å². The number of esters is 1. The largest absolute Gasteiger partial charge is 0.462 e. The first-order valence-electron chi connectivity index (χ1n) is 8.10. The molecule has 0 bridgehead atoms. The van der Waals surface area contributed by atoms with Crippen molar-refractivity contribution in [1.82, 2.24) is 0 Å². The fourth-order valence-corrected chi connectivity index (χ4v) is 2.81. The Morgan fingerprint density at radius 3 is 2.28 bits per heavy atom. The van der Waals surface area contributed by atoms with E-state index in [9.17, 15) is 10.1 Å². The normalized spacial score (nSPS) is 11.5. The van der Waals surface area contributed by atoms with E-state index >= 15 is 0 Å². The van der Waals surface area contributed by atoms with E-state index < -0.39 is 5.97 Å². The van der Waals surface area contributed by atoms with Gasteiger partial charge < -0.3 is 4.74 Å². The fraction of sp³-hybridized carbons (Fsp3) is 0.0909. The van der Waals surface area contributed by atoms with Gasteiger partial charge in [-0.3, -0.25) is 0 Å². The van der Waals surface area contributed by atoms with Gasteiger partial charge in [-0.05, 0) is 34.9 Å². The minimum Gasteiger partial charge on any atom is -0.462 e. The van der Waals surface area contributed by atoms with Gasteiger partial charge in [-0.15, -0.1) is 0 Å². The summed E-state index contributed by atoms with van der Waals surface area (Å²) in [6, 6.07) is 25.4. The van der Waals surface area contributed by atoms with Gasteiger partial charge in [0.1, 0.15) is 11.6 Å². The number of carbonyl (C=O) groups is 1. The van der Waals surface area contributed by atoms with Gasteiger partial charge in [-0.2, -0.15) is 5.26 Å². The summed E-state index contributed by atoms with van der Waals surface area (Å²) in [5, 5.41) is 11.8. The highest BCUT2D eigenvalue weighted by atomic mass is 16.5. The molecule has 0 radical (unpaired) electrons. The molecule has 122 valence electrons. The zero-order valence-corrected chi connectivity index (χ0v) is 13.9. The lowest BCUT2D eigenvalue weighted by Crippen LogP contribution is -2.09. The van der Waals surface area contributed by atoms with Crippen molar-refractivity contribution in [1.29, 1.82) is 5.26 Å². The molecule has 3 nitrogen and oxygen atoms in total. The van der Waals surface area contributed by atoms with E-state index in [1.165, 1.54) is 0 Å². The lowest BCUT2D eigenvalue weighted by atomic mass is 9.92. The van der Waals surface area contributed by atoms with Crippen LogP contribution in [0.2, 0.25) is 0 Å². The molecule has 3 rings (SSSR count). The molecule has 0 N–H and O–H groups in total. The zero-order chi connectivity index (χ0) is 17.6. The summed E-state index contributed by atoms with van der Waals surface area (Å²) in [6.45, 7) is 1.95. The molecule has 0 spiro atoms. The first kappa shape index (κ1) is 16.5. The summed E-state index contributed by atoms with van der Waals surface area (Å²) in [5.74, 6) is -0.600. The third-order valence-corrected chi connectivity index (χ3v) is 3.94. The molecule has 0 unspecified atom stereocenters. The van der Waals surface area contributed by atoms with Crippen molar-refractivity contribution >= 4 is 22.3 Å². The number of hydrogen-bond acceptors (Lipinski definition) is 3. The number of nitrogens with zero attached hydrogens (tertiary/aromatic N) is 1. The standard InChI is InChI=1S/C22H17NO2/c1-2-25-22(24)20(15-23)21(17-9-4-3-5-10-17)19-13-12-16-8-6-7-11-18(16)14-19/h3-14H,2H2,1H3/b21-20+. The van der Waals surface area contributed by atoms with Gasteiger partial charge in [-0.1, -0.05) is 66.7 Å². The van der Waals surface area contributed by atoms with Crippen molar-refractivity contribution in [2.24, 2.45) is 0 Å². The lowest BCUT2D eigenvalue weighted by Gasteiger charge is -2.12. The second-order valence-corrected chi connectivity index (χ2v) is 5.51. The second-order valence-electron chi connectivity index (χ2n) is 5.51.